The van der Waals surface area contributed by atoms with Crippen LogP contribution in [0, 0.1) is 6.92 Å². The minimum Gasteiger partial charge on any atom is -0.287 e. The molecular formula is C17H19N. The Hall–Kier alpha value is -2.15. The maximum absolute atomic E-state index is 4.33. The molecule has 0 amide bonds. The van der Waals surface area contributed by atoms with E-state index < -0.39 is 0 Å². The van der Waals surface area contributed by atoms with Crippen molar-refractivity contribution in [2.75, 3.05) is 7.05 Å². The zero-order chi connectivity index (χ0) is 13.5. The molecule has 0 saturated carbocycles. The average molecular weight is 237 g/mol. The van der Waals surface area contributed by atoms with Gasteiger partial charge in [-0.05, 0) is 23.6 Å². The van der Waals surface area contributed by atoms with Crippen molar-refractivity contribution < 1.29 is 0 Å². The van der Waals surface area contributed by atoms with Crippen LogP contribution in [0.15, 0.2) is 78.4 Å². The maximum Gasteiger partial charge on any atom is 0.0712 e. The number of aliphatic imine (C=N–C) groups is 1. The molecule has 18 heavy (non-hydrogen) atoms. The van der Waals surface area contributed by atoms with Crippen LogP contribution in [0.4, 0.5) is 0 Å². The van der Waals surface area contributed by atoms with E-state index in [0.717, 1.165) is 22.4 Å². The van der Waals surface area contributed by atoms with Gasteiger partial charge in [0.05, 0.1) is 5.71 Å². The Kier molecular flexibility index (Phi) is 5.06. The molecule has 92 valence electrons. The maximum atomic E-state index is 4.33. The standard InChI is InChI=1S/C17H19N/c1-6-13(2)11-12-15(4)17(18-5)16-10-8-7-9-14(16)3/h6-12H,1-2,4H2,3,5H3/b12-11-,18-17-. The Balaban J connectivity index is 3.03. The summed E-state index contributed by atoms with van der Waals surface area (Å²) < 4.78 is 0. The topological polar surface area (TPSA) is 12.4 Å². The molecule has 1 aromatic carbocycles. The summed E-state index contributed by atoms with van der Waals surface area (Å²) in [5.41, 5.74) is 4.93. The molecule has 0 atom stereocenters. The van der Waals surface area contributed by atoms with Crippen LogP contribution < -0.4 is 0 Å². The fourth-order valence-electron chi connectivity index (χ4n) is 1.63. The van der Waals surface area contributed by atoms with Crippen LogP contribution in [0.2, 0.25) is 0 Å². The third-order valence-corrected chi connectivity index (χ3v) is 2.69. The van der Waals surface area contributed by atoms with Gasteiger partial charge in [0.15, 0.2) is 0 Å². The van der Waals surface area contributed by atoms with E-state index in [-0.39, 0.29) is 0 Å². The fourth-order valence-corrected chi connectivity index (χ4v) is 1.63. The van der Waals surface area contributed by atoms with E-state index in [1.54, 1.807) is 13.1 Å². The van der Waals surface area contributed by atoms with Crippen LogP contribution >= 0.6 is 0 Å². The van der Waals surface area contributed by atoms with E-state index in [9.17, 15) is 0 Å². The first-order chi connectivity index (χ1) is 8.60. The van der Waals surface area contributed by atoms with Gasteiger partial charge in [-0.1, -0.05) is 62.2 Å². The number of aryl methyl sites for hydroxylation is 1. The predicted molar refractivity (Wildman–Crippen MR) is 81.3 cm³/mol. The highest BCUT2D eigenvalue weighted by molar-refractivity contribution is 6.14. The molecule has 0 unspecified atom stereocenters. The van der Waals surface area contributed by atoms with Gasteiger partial charge in [0.25, 0.3) is 0 Å². The third-order valence-electron chi connectivity index (χ3n) is 2.69. The van der Waals surface area contributed by atoms with E-state index in [1.165, 1.54) is 5.56 Å². The van der Waals surface area contributed by atoms with Gasteiger partial charge in [0.1, 0.15) is 0 Å². The van der Waals surface area contributed by atoms with Crippen LogP contribution in [-0.4, -0.2) is 12.8 Å². The molecule has 0 aliphatic carbocycles. The Labute approximate surface area is 110 Å². The highest BCUT2D eigenvalue weighted by atomic mass is 14.7. The lowest BCUT2D eigenvalue weighted by Crippen LogP contribution is -2.04. The molecule has 0 heterocycles. The van der Waals surface area contributed by atoms with Crippen molar-refractivity contribution >= 4 is 5.71 Å². The Morgan fingerprint density at radius 3 is 2.39 bits per heavy atom. The number of nitrogens with zero attached hydrogens (tertiary/aromatic N) is 1. The van der Waals surface area contributed by atoms with Crippen molar-refractivity contribution in [2.24, 2.45) is 4.99 Å². The molecule has 0 aliphatic rings. The van der Waals surface area contributed by atoms with Gasteiger partial charge in [-0.15, -0.1) is 0 Å². The van der Waals surface area contributed by atoms with Gasteiger partial charge in [0.2, 0.25) is 0 Å². The lowest BCUT2D eigenvalue weighted by atomic mass is 9.98. The molecule has 0 aromatic heterocycles. The van der Waals surface area contributed by atoms with Gasteiger partial charge < -0.3 is 0 Å². The SMILES string of the molecule is C=CC(=C)/C=C\C(=C)/C(=N/C)c1ccccc1C. The van der Waals surface area contributed by atoms with Crippen molar-refractivity contribution in [1.82, 2.24) is 0 Å². The number of hydrogen-bond acceptors (Lipinski definition) is 1. The molecule has 0 radical (unpaired) electrons. The molecule has 1 heteroatoms. The van der Waals surface area contributed by atoms with Crippen molar-refractivity contribution in [3.63, 3.8) is 0 Å². The summed E-state index contributed by atoms with van der Waals surface area (Å²) in [5, 5.41) is 0. The van der Waals surface area contributed by atoms with Crippen molar-refractivity contribution in [3.8, 4) is 0 Å². The summed E-state index contributed by atoms with van der Waals surface area (Å²) in [4.78, 5) is 4.33. The second-order valence-electron chi connectivity index (χ2n) is 4.02. The Morgan fingerprint density at radius 1 is 1.17 bits per heavy atom. The lowest BCUT2D eigenvalue weighted by Gasteiger charge is -2.09. The quantitative estimate of drug-likeness (QED) is 0.535. The normalized spacial score (nSPS) is 11.6. The molecule has 0 spiro atoms. The molecule has 1 nitrogen and oxygen atoms in total. The van der Waals surface area contributed by atoms with E-state index in [0.29, 0.717) is 0 Å². The Morgan fingerprint density at radius 2 is 1.83 bits per heavy atom. The molecule has 0 N–H and O–H groups in total. The van der Waals surface area contributed by atoms with Crippen molar-refractivity contribution in [3.05, 3.63) is 84.5 Å². The minimum absolute atomic E-state index is 0.858. The van der Waals surface area contributed by atoms with Crippen molar-refractivity contribution in [1.29, 1.82) is 0 Å². The summed E-state index contributed by atoms with van der Waals surface area (Å²) in [7, 11) is 1.78. The summed E-state index contributed by atoms with van der Waals surface area (Å²) in [5.74, 6) is 0. The van der Waals surface area contributed by atoms with Crippen LogP contribution in [0.3, 0.4) is 0 Å². The molecule has 0 aliphatic heterocycles. The number of benzene rings is 1. The van der Waals surface area contributed by atoms with Gasteiger partial charge in [-0.25, -0.2) is 0 Å². The Bertz CT molecular complexity index is 530. The van der Waals surface area contributed by atoms with Crippen LogP contribution in [0.5, 0.6) is 0 Å². The van der Waals surface area contributed by atoms with E-state index in [2.05, 4.69) is 43.8 Å². The average Bonchev–Trinajstić information content (AvgIpc) is 2.39. The second kappa shape index (κ2) is 6.55. The van der Waals surface area contributed by atoms with Gasteiger partial charge in [-0.3, -0.25) is 4.99 Å². The minimum atomic E-state index is 0.858. The third kappa shape index (κ3) is 3.42. The summed E-state index contributed by atoms with van der Waals surface area (Å²) >= 11 is 0. The zero-order valence-electron chi connectivity index (χ0n) is 11.1. The fraction of sp³-hybridized carbons (Fsp3) is 0.118. The molecule has 1 aromatic rings. The van der Waals surface area contributed by atoms with Crippen molar-refractivity contribution in [2.45, 2.75) is 6.92 Å². The largest absolute Gasteiger partial charge is 0.287 e. The zero-order valence-corrected chi connectivity index (χ0v) is 11.1. The lowest BCUT2D eigenvalue weighted by molar-refractivity contribution is 1.38. The highest BCUT2D eigenvalue weighted by Crippen LogP contribution is 2.14. The number of rotatable bonds is 5. The van der Waals surface area contributed by atoms with Crippen LogP contribution in [-0.2, 0) is 0 Å². The van der Waals surface area contributed by atoms with E-state index in [4.69, 9.17) is 0 Å². The summed E-state index contributed by atoms with van der Waals surface area (Å²) in [6, 6.07) is 8.15. The van der Waals surface area contributed by atoms with Gasteiger partial charge >= 0.3 is 0 Å². The smallest absolute Gasteiger partial charge is 0.0712 e. The first-order valence-electron chi connectivity index (χ1n) is 5.81. The van der Waals surface area contributed by atoms with Gasteiger partial charge in [-0.2, -0.15) is 0 Å². The second-order valence-corrected chi connectivity index (χ2v) is 4.02. The predicted octanol–water partition coefficient (Wildman–Crippen LogP) is 4.27. The molecule has 1 rings (SSSR count). The molecule has 0 saturated heterocycles. The molecular weight excluding hydrogens is 218 g/mol. The number of hydrogen-bond donors (Lipinski definition) is 0. The van der Waals surface area contributed by atoms with E-state index in [1.807, 2.05) is 24.3 Å². The summed E-state index contributed by atoms with van der Waals surface area (Å²) in [6.45, 7) is 13.6. The monoisotopic (exact) mass is 237 g/mol. The first-order valence-corrected chi connectivity index (χ1v) is 5.81. The first kappa shape index (κ1) is 13.9. The summed E-state index contributed by atoms with van der Waals surface area (Å²) in [6.07, 6.45) is 5.51. The van der Waals surface area contributed by atoms with E-state index >= 15 is 0 Å². The van der Waals surface area contributed by atoms with Crippen LogP contribution in [0.1, 0.15) is 11.1 Å². The highest BCUT2D eigenvalue weighted by Gasteiger charge is 2.07. The van der Waals surface area contributed by atoms with Gasteiger partial charge in [0, 0.05) is 12.6 Å². The number of allylic oxidation sites excluding steroid dienone is 5. The molecule has 0 bridgehead atoms. The van der Waals surface area contributed by atoms with Crippen LogP contribution in [0.25, 0.3) is 0 Å². The molecule has 0 fully saturated rings.